The molecule has 2 heterocycles. The molecule has 2 aliphatic rings. The molecule has 184 valence electrons. The predicted molar refractivity (Wildman–Crippen MR) is 123 cm³/mol. The third kappa shape index (κ3) is 5.52. The second-order valence-electron chi connectivity index (χ2n) is 9.37. The van der Waals surface area contributed by atoms with E-state index in [2.05, 4.69) is 15.1 Å². The van der Waals surface area contributed by atoms with E-state index in [4.69, 9.17) is 0 Å². The maximum atomic E-state index is 13.3. The number of carbonyl (C=O) groups is 1. The van der Waals surface area contributed by atoms with Gasteiger partial charge in [0, 0.05) is 45.0 Å². The van der Waals surface area contributed by atoms with Gasteiger partial charge in [-0.1, -0.05) is 12.1 Å². The lowest BCUT2D eigenvalue weighted by Crippen LogP contribution is -2.61. The molecule has 34 heavy (non-hydrogen) atoms. The summed E-state index contributed by atoms with van der Waals surface area (Å²) in [4.78, 5) is 19.5. The zero-order valence-corrected chi connectivity index (χ0v) is 19.4. The molecule has 0 aliphatic carbocycles. The van der Waals surface area contributed by atoms with Crippen LogP contribution in [0.25, 0.3) is 0 Å². The van der Waals surface area contributed by atoms with Crippen molar-refractivity contribution in [2.24, 2.45) is 5.92 Å². The molecule has 9 heteroatoms. The first-order chi connectivity index (χ1) is 16.1. The molecule has 1 fully saturated rings. The smallest absolute Gasteiger partial charge is 0.365 e. The van der Waals surface area contributed by atoms with E-state index in [1.165, 1.54) is 18.2 Å². The average molecular weight is 479 g/mol. The van der Waals surface area contributed by atoms with E-state index < -0.39 is 17.7 Å². The van der Waals surface area contributed by atoms with E-state index >= 15 is 0 Å². The Morgan fingerprint density at radius 2 is 1.85 bits per heavy atom. The molecule has 0 radical (unpaired) electrons. The van der Waals surface area contributed by atoms with Crippen molar-refractivity contribution in [3.8, 4) is 0 Å². The van der Waals surface area contributed by atoms with Gasteiger partial charge in [0.05, 0.1) is 17.5 Å². The minimum Gasteiger partial charge on any atom is -0.365 e. The molecule has 0 saturated carbocycles. The normalized spacial score (nSPS) is 20.7. The average Bonchev–Trinajstić information content (AvgIpc) is 2.78. The molecule has 2 aromatic carbocycles. The number of hydrogen-bond acceptors (Lipinski definition) is 4. The van der Waals surface area contributed by atoms with Crippen molar-refractivity contribution < 1.29 is 22.4 Å². The number of benzene rings is 2. The van der Waals surface area contributed by atoms with Crippen molar-refractivity contribution in [3.05, 3.63) is 65.0 Å². The lowest BCUT2D eigenvalue weighted by Gasteiger charge is -2.49. The Labute approximate surface area is 197 Å². The van der Waals surface area contributed by atoms with E-state index in [0.29, 0.717) is 44.8 Å². The molecule has 0 aromatic heterocycles. The number of nitrogens with zero attached hydrogens (tertiary/aromatic N) is 3. The van der Waals surface area contributed by atoms with Gasteiger partial charge in [-0.05, 0) is 62.0 Å². The highest BCUT2D eigenvalue weighted by Crippen LogP contribution is 2.39. The molecular weight excluding hydrogens is 448 g/mol. The molecular formula is C25H30F4N4O. The monoisotopic (exact) mass is 478 g/mol. The first-order valence-electron chi connectivity index (χ1n) is 11.5. The van der Waals surface area contributed by atoms with E-state index in [0.717, 1.165) is 17.3 Å². The first kappa shape index (κ1) is 24.5. The summed E-state index contributed by atoms with van der Waals surface area (Å²) in [5, 5.41) is 2.97. The van der Waals surface area contributed by atoms with Gasteiger partial charge in [0.2, 0.25) is 5.91 Å². The standard InChI is InChI=1S/C25H30F4N4O/c1-31(2)10-9-30-24(34)21-14-18-13-19(25(27,28)29)5-8-22(18)33-12-11-32(16-23(21)33)15-17-3-6-20(26)7-4-17/h3-8,13,21,23H,9-12,14-16H2,1-2H3,(H,30,34)/t21-,23-/m1/s1. The van der Waals surface area contributed by atoms with Gasteiger partial charge in [-0.3, -0.25) is 9.69 Å². The Kier molecular flexibility index (Phi) is 7.14. The number of halogens is 4. The Hall–Kier alpha value is -2.65. The summed E-state index contributed by atoms with van der Waals surface area (Å²) in [5.41, 5.74) is 1.63. The molecule has 5 nitrogen and oxygen atoms in total. The van der Waals surface area contributed by atoms with Crippen molar-refractivity contribution in [1.82, 2.24) is 15.1 Å². The van der Waals surface area contributed by atoms with Gasteiger partial charge < -0.3 is 15.1 Å². The maximum absolute atomic E-state index is 13.3. The third-order valence-electron chi connectivity index (χ3n) is 6.64. The molecule has 1 saturated heterocycles. The lowest BCUT2D eigenvalue weighted by atomic mass is 9.82. The number of nitrogens with one attached hydrogen (secondary N) is 1. The van der Waals surface area contributed by atoms with Crippen LogP contribution >= 0.6 is 0 Å². The van der Waals surface area contributed by atoms with E-state index in [1.807, 2.05) is 19.0 Å². The van der Waals surface area contributed by atoms with Crippen molar-refractivity contribution in [2.45, 2.75) is 25.2 Å². The number of carbonyl (C=O) groups excluding carboxylic acids is 1. The summed E-state index contributed by atoms with van der Waals surface area (Å²) in [6.07, 6.45) is -4.16. The summed E-state index contributed by atoms with van der Waals surface area (Å²) >= 11 is 0. The van der Waals surface area contributed by atoms with Crippen LogP contribution in [-0.4, -0.2) is 68.6 Å². The fraction of sp³-hybridized carbons (Fsp3) is 0.480. The Balaban J connectivity index is 1.58. The van der Waals surface area contributed by atoms with E-state index in [1.54, 1.807) is 18.2 Å². The van der Waals surface area contributed by atoms with Gasteiger partial charge in [-0.25, -0.2) is 4.39 Å². The van der Waals surface area contributed by atoms with Crippen molar-refractivity contribution >= 4 is 11.6 Å². The van der Waals surface area contributed by atoms with Crippen LogP contribution in [0, 0.1) is 11.7 Å². The summed E-state index contributed by atoms with van der Waals surface area (Å²) in [6, 6.07) is 10.1. The minimum atomic E-state index is -4.43. The predicted octanol–water partition coefficient (Wildman–Crippen LogP) is 3.39. The highest BCUT2D eigenvalue weighted by atomic mass is 19.4. The third-order valence-corrected chi connectivity index (χ3v) is 6.64. The molecule has 0 unspecified atom stereocenters. The van der Waals surface area contributed by atoms with Crippen LogP contribution in [0.4, 0.5) is 23.2 Å². The molecule has 1 N–H and O–H groups in total. The maximum Gasteiger partial charge on any atom is 0.416 e. The zero-order chi connectivity index (χ0) is 24.5. The van der Waals surface area contributed by atoms with Gasteiger partial charge in [-0.15, -0.1) is 0 Å². The van der Waals surface area contributed by atoms with Gasteiger partial charge in [-0.2, -0.15) is 13.2 Å². The van der Waals surface area contributed by atoms with Crippen LogP contribution in [0.1, 0.15) is 16.7 Å². The number of alkyl halides is 3. The Bertz CT molecular complexity index is 1010. The minimum absolute atomic E-state index is 0.136. The lowest BCUT2D eigenvalue weighted by molar-refractivity contribution is -0.137. The fourth-order valence-electron chi connectivity index (χ4n) is 4.88. The van der Waals surface area contributed by atoms with Gasteiger partial charge in [0.25, 0.3) is 0 Å². The second kappa shape index (κ2) is 9.92. The van der Waals surface area contributed by atoms with Crippen molar-refractivity contribution in [2.75, 3.05) is 51.7 Å². The highest BCUT2D eigenvalue weighted by Gasteiger charge is 2.42. The van der Waals surface area contributed by atoms with Crippen molar-refractivity contribution in [1.29, 1.82) is 0 Å². The molecule has 0 spiro atoms. The largest absolute Gasteiger partial charge is 0.416 e. The highest BCUT2D eigenvalue weighted by molar-refractivity contribution is 5.82. The number of anilines is 1. The van der Waals surface area contributed by atoms with E-state index in [9.17, 15) is 22.4 Å². The van der Waals surface area contributed by atoms with Crippen LogP contribution in [0.3, 0.4) is 0 Å². The summed E-state index contributed by atoms with van der Waals surface area (Å²) < 4.78 is 53.3. The van der Waals surface area contributed by atoms with Crippen LogP contribution in [-0.2, 0) is 23.9 Å². The quantitative estimate of drug-likeness (QED) is 0.647. The van der Waals surface area contributed by atoms with E-state index in [-0.39, 0.29) is 24.2 Å². The van der Waals surface area contributed by atoms with Crippen LogP contribution in [0.15, 0.2) is 42.5 Å². The molecule has 2 aromatic rings. The Morgan fingerprint density at radius 1 is 1.12 bits per heavy atom. The summed E-state index contributed by atoms with van der Waals surface area (Å²) in [6.45, 7) is 3.68. The SMILES string of the molecule is CN(C)CCNC(=O)[C@@H]1Cc2cc(C(F)(F)F)ccc2N2CCN(Cc3ccc(F)cc3)C[C@H]12. The summed E-state index contributed by atoms with van der Waals surface area (Å²) in [5.74, 6) is -0.886. The van der Waals surface area contributed by atoms with Crippen LogP contribution in [0.2, 0.25) is 0 Å². The molecule has 2 aliphatic heterocycles. The molecule has 1 amide bonds. The van der Waals surface area contributed by atoms with Gasteiger partial charge in [0.15, 0.2) is 0 Å². The van der Waals surface area contributed by atoms with Crippen molar-refractivity contribution in [3.63, 3.8) is 0 Å². The second-order valence-corrected chi connectivity index (χ2v) is 9.37. The number of amides is 1. The Morgan fingerprint density at radius 3 is 2.53 bits per heavy atom. The number of likely N-dealkylation sites (N-methyl/N-ethyl adjacent to an activating group) is 1. The molecule has 4 rings (SSSR count). The topological polar surface area (TPSA) is 38.8 Å². The van der Waals surface area contributed by atoms with Crippen LogP contribution in [0.5, 0.6) is 0 Å². The summed E-state index contributed by atoms with van der Waals surface area (Å²) in [7, 11) is 3.83. The first-order valence-corrected chi connectivity index (χ1v) is 11.5. The number of fused-ring (bicyclic) bond motifs is 3. The zero-order valence-electron chi connectivity index (χ0n) is 19.4. The number of piperazine rings is 1. The molecule has 2 atom stereocenters. The van der Waals surface area contributed by atoms with Gasteiger partial charge >= 0.3 is 6.18 Å². The molecule has 0 bridgehead atoms. The van der Waals surface area contributed by atoms with Gasteiger partial charge in [0.1, 0.15) is 5.82 Å². The fourth-order valence-corrected chi connectivity index (χ4v) is 4.88. The number of rotatable bonds is 6. The number of hydrogen-bond donors (Lipinski definition) is 1. The van der Waals surface area contributed by atoms with Crippen LogP contribution < -0.4 is 10.2 Å².